The Balaban J connectivity index is 2.69. The largest absolute Gasteiger partial charge is 0.324 e. The molecule has 0 unspecified atom stereocenters. The molecule has 1 atom stereocenters. The van der Waals surface area contributed by atoms with Gasteiger partial charge in [0.15, 0.2) is 0 Å². The summed E-state index contributed by atoms with van der Waals surface area (Å²) < 4.78 is 0. The number of amides is 1. The molecule has 3 N–H and O–H groups in total. The summed E-state index contributed by atoms with van der Waals surface area (Å²) in [6, 6.07) is 7.41. The van der Waals surface area contributed by atoms with Crippen LogP contribution in [-0.4, -0.2) is 11.9 Å². The number of nitrogens with one attached hydrogen (secondary N) is 1. The van der Waals surface area contributed by atoms with Crippen LogP contribution in [-0.2, 0) is 11.2 Å². The lowest BCUT2D eigenvalue weighted by atomic mass is 10.1. The first kappa shape index (κ1) is 12.7. The zero-order valence-corrected chi connectivity index (χ0v) is 9.99. The van der Waals surface area contributed by atoms with Crippen LogP contribution in [0.2, 0.25) is 0 Å². The van der Waals surface area contributed by atoms with Crippen molar-refractivity contribution in [2.24, 2.45) is 5.73 Å². The zero-order chi connectivity index (χ0) is 12.0. The van der Waals surface area contributed by atoms with E-state index in [-0.39, 0.29) is 5.91 Å². The van der Waals surface area contributed by atoms with Gasteiger partial charge in [-0.2, -0.15) is 0 Å². The van der Waals surface area contributed by atoms with Crippen LogP contribution in [0.15, 0.2) is 24.3 Å². The maximum Gasteiger partial charge on any atom is 0.241 e. The summed E-state index contributed by atoms with van der Waals surface area (Å²) in [6.07, 6.45) is 2.55. The van der Waals surface area contributed by atoms with Gasteiger partial charge < -0.3 is 11.1 Å². The SMILES string of the molecule is CCC[C@H](N)C(=O)Nc1ccccc1CC. The molecule has 0 aromatic heterocycles. The van der Waals surface area contributed by atoms with Gasteiger partial charge in [-0.3, -0.25) is 4.79 Å². The Morgan fingerprint density at radius 2 is 2.06 bits per heavy atom. The maximum absolute atomic E-state index is 11.7. The number of aryl methyl sites for hydroxylation is 1. The molecule has 1 aromatic carbocycles. The van der Waals surface area contributed by atoms with Crippen LogP contribution >= 0.6 is 0 Å². The van der Waals surface area contributed by atoms with E-state index in [0.717, 1.165) is 30.5 Å². The molecule has 0 aliphatic heterocycles. The monoisotopic (exact) mass is 220 g/mol. The van der Waals surface area contributed by atoms with Crippen LogP contribution in [0.5, 0.6) is 0 Å². The number of para-hydroxylation sites is 1. The Morgan fingerprint density at radius 3 is 2.69 bits per heavy atom. The quantitative estimate of drug-likeness (QED) is 0.800. The van der Waals surface area contributed by atoms with Gasteiger partial charge in [0.1, 0.15) is 0 Å². The molecule has 0 saturated heterocycles. The van der Waals surface area contributed by atoms with E-state index >= 15 is 0 Å². The van der Waals surface area contributed by atoms with Gasteiger partial charge in [0.25, 0.3) is 0 Å². The van der Waals surface area contributed by atoms with Gasteiger partial charge in [-0.05, 0) is 24.5 Å². The van der Waals surface area contributed by atoms with Gasteiger partial charge in [-0.15, -0.1) is 0 Å². The van der Waals surface area contributed by atoms with Crippen molar-refractivity contribution in [3.8, 4) is 0 Å². The molecule has 0 spiro atoms. The predicted octanol–water partition coefficient (Wildman–Crippen LogP) is 2.31. The summed E-state index contributed by atoms with van der Waals surface area (Å²) in [5.74, 6) is -0.0947. The molecule has 3 heteroatoms. The van der Waals surface area contributed by atoms with Crippen LogP contribution in [0.25, 0.3) is 0 Å². The number of nitrogens with two attached hydrogens (primary N) is 1. The number of anilines is 1. The fraction of sp³-hybridized carbons (Fsp3) is 0.462. The van der Waals surface area contributed by atoms with E-state index in [4.69, 9.17) is 5.73 Å². The van der Waals surface area contributed by atoms with Crippen LogP contribution in [0.3, 0.4) is 0 Å². The van der Waals surface area contributed by atoms with E-state index in [0.29, 0.717) is 0 Å². The summed E-state index contributed by atoms with van der Waals surface area (Å²) >= 11 is 0. The van der Waals surface area contributed by atoms with Crippen LogP contribution in [0, 0.1) is 0 Å². The molecule has 0 fully saturated rings. The fourth-order valence-corrected chi connectivity index (χ4v) is 1.62. The lowest BCUT2D eigenvalue weighted by molar-refractivity contribution is -0.117. The smallest absolute Gasteiger partial charge is 0.241 e. The third kappa shape index (κ3) is 3.35. The number of carbonyl (C=O) groups is 1. The van der Waals surface area contributed by atoms with E-state index in [1.165, 1.54) is 0 Å². The van der Waals surface area contributed by atoms with Crippen molar-refractivity contribution in [2.75, 3.05) is 5.32 Å². The van der Waals surface area contributed by atoms with Crippen molar-refractivity contribution in [1.29, 1.82) is 0 Å². The first-order valence-electron chi connectivity index (χ1n) is 5.83. The van der Waals surface area contributed by atoms with E-state index in [1.54, 1.807) is 0 Å². The van der Waals surface area contributed by atoms with Crippen LogP contribution in [0.4, 0.5) is 5.69 Å². The third-order valence-corrected chi connectivity index (χ3v) is 2.59. The Morgan fingerprint density at radius 1 is 1.38 bits per heavy atom. The second-order valence-electron chi connectivity index (χ2n) is 3.90. The summed E-state index contributed by atoms with van der Waals surface area (Å²) in [5, 5.41) is 2.88. The van der Waals surface area contributed by atoms with Crippen molar-refractivity contribution < 1.29 is 4.79 Å². The van der Waals surface area contributed by atoms with Gasteiger partial charge in [-0.25, -0.2) is 0 Å². The Kier molecular flexibility index (Phi) is 4.99. The standard InChI is InChI=1S/C13H20N2O/c1-3-7-11(14)13(16)15-12-9-6-5-8-10(12)4-2/h5-6,8-9,11H,3-4,7,14H2,1-2H3,(H,15,16)/t11-/m0/s1. The molecule has 3 nitrogen and oxygen atoms in total. The van der Waals surface area contributed by atoms with Gasteiger partial charge in [-0.1, -0.05) is 38.5 Å². The first-order chi connectivity index (χ1) is 7.69. The molecule has 0 saturated carbocycles. The topological polar surface area (TPSA) is 55.1 Å². The van der Waals surface area contributed by atoms with Crippen molar-refractivity contribution in [3.05, 3.63) is 29.8 Å². The molecular formula is C13H20N2O. The van der Waals surface area contributed by atoms with Gasteiger partial charge in [0.05, 0.1) is 6.04 Å². The molecule has 88 valence electrons. The van der Waals surface area contributed by atoms with E-state index in [2.05, 4.69) is 12.2 Å². The van der Waals surface area contributed by atoms with Crippen LogP contribution < -0.4 is 11.1 Å². The highest BCUT2D eigenvalue weighted by Crippen LogP contribution is 2.15. The lowest BCUT2D eigenvalue weighted by Crippen LogP contribution is -2.35. The van der Waals surface area contributed by atoms with Crippen molar-refractivity contribution in [2.45, 2.75) is 39.2 Å². The molecule has 1 amide bonds. The minimum atomic E-state index is -0.407. The molecule has 0 radical (unpaired) electrons. The second kappa shape index (κ2) is 6.28. The molecule has 16 heavy (non-hydrogen) atoms. The lowest BCUT2D eigenvalue weighted by Gasteiger charge is -2.13. The molecule has 0 aliphatic rings. The highest BCUT2D eigenvalue weighted by molar-refractivity contribution is 5.95. The summed E-state index contributed by atoms with van der Waals surface area (Å²) in [7, 11) is 0. The van der Waals surface area contributed by atoms with Crippen LogP contribution in [0.1, 0.15) is 32.3 Å². The zero-order valence-electron chi connectivity index (χ0n) is 9.99. The third-order valence-electron chi connectivity index (χ3n) is 2.59. The summed E-state index contributed by atoms with van der Waals surface area (Å²) in [6.45, 7) is 4.09. The molecule has 0 bridgehead atoms. The predicted molar refractivity (Wildman–Crippen MR) is 67.3 cm³/mol. The molecule has 0 heterocycles. The summed E-state index contributed by atoms with van der Waals surface area (Å²) in [4.78, 5) is 11.7. The minimum Gasteiger partial charge on any atom is -0.324 e. The second-order valence-corrected chi connectivity index (χ2v) is 3.90. The van der Waals surface area contributed by atoms with E-state index in [9.17, 15) is 4.79 Å². The molecule has 0 aliphatic carbocycles. The normalized spacial score (nSPS) is 12.2. The van der Waals surface area contributed by atoms with Gasteiger partial charge >= 0.3 is 0 Å². The number of benzene rings is 1. The number of hydrogen-bond acceptors (Lipinski definition) is 2. The highest BCUT2D eigenvalue weighted by Gasteiger charge is 2.13. The van der Waals surface area contributed by atoms with Crippen molar-refractivity contribution >= 4 is 11.6 Å². The number of rotatable bonds is 5. The van der Waals surface area contributed by atoms with Gasteiger partial charge in [0, 0.05) is 5.69 Å². The Bertz CT molecular complexity index is 350. The molecular weight excluding hydrogens is 200 g/mol. The van der Waals surface area contributed by atoms with E-state index < -0.39 is 6.04 Å². The Labute approximate surface area is 97.0 Å². The number of hydrogen-bond donors (Lipinski definition) is 2. The van der Waals surface area contributed by atoms with Crippen molar-refractivity contribution in [3.63, 3.8) is 0 Å². The Hall–Kier alpha value is -1.35. The average molecular weight is 220 g/mol. The fourth-order valence-electron chi connectivity index (χ4n) is 1.62. The average Bonchev–Trinajstić information content (AvgIpc) is 2.30. The van der Waals surface area contributed by atoms with Crippen molar-refractivity contribution in [1.82, 2.24) is 0 Å². The summed E-state index contributed by atoms with van der Waals surface area (Å²) in [5.41, 5.74) is 7.77. The number of carbonyl (C=O) groups excluding carboxylic acids is 1. The minimum absolute atomic E-state index is 0.0947. The molecule has 1 rings (SSSR count). The molecule has 1 aromatic rings. The van der Waals surface area contributed by atoms with E-state index in [1.807, 2.05) is 31.2 Å². The van der Waals surface area contributed by atoms with Gasteiger partial charge in [0.2, 0.25) is 5.91 Å². The first-order valence-corrected chi connectivity index (χ1v) is 5.83. The highest BCUT2D eigenvalue weighted by atomic mass is 16.2. The maximum atomic E-state index is 11.7.